The van der Waals surface area contributed by atoms with Crippen LogP contribution in [0.15, 0.2) is 33.6 Å². The first-order valence-corrected chi connectivity index (χ1v) is 7.42. The molecule has 0 radical (unpaired) electrons. The fourth-order valence-corrected chi connectivity index (χ4v) is 3.65. The highest BCUT2D eigenvalue weighted by atomic mass is 79.9. The van der Waals surface area contributed by atoms with Crippen LogP contribution in [0.2, 0.25) is 0 Å². The third kappa shape index (κ3) is 3.80. The molecule has 0 aromatic heterocycles. The molecule has 1 aromatic rings. The van der Waals surface area contributed by atoms with E-state index in [2.05, 4.69) is 20.7 Å². The fraction of sp³-hybridized carbons (Fsp3) is 0.364. The van der Waals surface area contributed by atoms with E-state index in [1.807, 2.05) is 13.0 Å². The van der Waals surface area contributed by atoms with Gasteiger partial charge in [-0.3, -0.25) is 0 Å². The van der Waals surface area contributed by atoms with Gasteiger partial charge in [0.15, 0.2) is 0 Å². The Morgan fingerprint density at radius 3 is 2.65 bits per heavy atom. The summed E-state index contributed by atoms with van der Waals surface area (Å²) in [6.45, 7) is 1.84. The minimum Gasteiger partial charge on any atom is -0.207 e. The van der Waals surface area contributed by atoms with Crippen LogP contribution in [0.4, 0.5) is 0 Å². The number of hydrogen-bond acceptors (Lipinski definition) is 3. The molecule has 0 fully saturated rings. The van der Waals surface area contributed by atoms with E-state index in [9.17, 15) is 8.42 Å². The smallest absolute Gasteiger partial charge is 0.207 e. The van der Waals surface area contributed by atoms with Crippen molar-refractivity contribution in [3.8, 4) is 6.07 Å². The van der Waals surface area contributed by atoms with Gasteiger partial charge in [-0.1, -0.05) is 19.1 Å². The molecule has 4 nitrogen and oxygen atoms in total. The van der Waals surface area contributed by atoms with Gasteiger partial charge < -0.3 is 0 Å². The number of nitrogens with one attached hydrogen (secondary N) is 1. The highest BCUT2D eigenvalue weighted by Crippen LogP contribution is 2.21. The number of rotatable bonds is 5. The minimum atomic E-state index is -3.57. The summed E-state index contributed by atoms with van der Waals surface area (Å²) in [6, 6.07) is 8.21. The summed E-state index contributed by atoms with van der Waals surface area (Å²) >= 11 is 3.20. The van der Waals surface area contributed by atoms with E-state index in [1.54, 1.807) is 18.2 Å². The van der Waals surface area contributed by atoms with Crippen LogP contribution in [-0.2, 0) is 10.0 Å². The molecule has 1 rings (SSSR count). The van der Waals surface area contributed by atoms with Gasteiger partial charge in [-0.2, -0.15) is 5.26 Å². The Hall–Kier alpha value is -0.900. The third-order valence-electron chi connectivity index (χ3n) is 2.28. The second-order valence-electron chi connectivity index (χ2n) is 3.52. The van der Waals surface area contributed by atoms with Crippen LogP contribution in [0.1, 0.15) is 19.8 Å². The average molecular weight is 317 g/mol. The Balaban J connectivity index is 2.97. The van der Waals surface area contributed by atoms with E-state index in [0.717, 1.165) is 0 Å². The average Bonchev–Trinajstić information content (AvgIpc) is 2.28. The van der Waals surface area contributed by atoms with Crippen molar-refractivity contribution in [2.24, 2.45) is 0 Å². The van der Waals surface area contributed by atoms with Crippen LogP contribution in [0.25, 0.3) is 0 Å². The molecule has 92 valence electrons. The van der Waals surface area contributed by atoms with Crippen molar-refractivity contribution in [1.29, 1.82) is 5.26 Å². The van der Waals surface area contributed by atoms with Gasteiger partial charge in [-0.25, -0.2) is 13.1 Å². The van der Waals surface area contributed by atoms with Crippen molar-refractivity contribution < 1.29 is 8.42 Å². The molecule has 0 saturated carbocycles. The van der Waals surface area contributed by atoms with Crippen molar-refractivity contribution in [1.82, 2.24) is 4.72 Å². The van der Waals surface area contributed by atoms with E-state index in [4.69, 9.17) is 5.26 Å². The molecule has 1 atom stereocenters. The van der Waals surface area contributed by atoms with Gasteiger partial charge in [0.05, 0.1) is 17.4 Å². The lowest BCUT2D eigenvalue weighted by molar-refractivity contribution is 0.542. The predicted octanol–water partition coefficient (Wildman–Crippen LogP) is 2.42. The third-order valence-corrected chi connectivity index (χ3v) is 4.81. The number of nitriles is 1. The molecular weight excluding hydrogens is 304 g/mol. The second kappa shape index (κ2) is 6.15. The molecule has 1 aromatic carbocycles. The molecule has 0 spiro atoms. The summed E-state index contributed by atoms with van der Waals surface area (Å²) in [6.07, 6.45) is 0.747. The molecule has 1 N–H and O–H groups in total. The van der Waals surface area contributed by atoms with Crippen molar-refractivity contribution in [2.75, 3.05) is 0 Å². The summed E-state index contributed by atoms with van der Waals surface area (Å²) in [5.41, 5.74) is 0. The Morgan fingerprint density at radius 1 is 1.47 bits per heavy atom. The molecule has 17 heavy (non-hydrogen) atoms. The molecule has 0 aliphatic carbocycles. The van der Waals surface area contributed by atoms with Gasteiger partial charge in [0.1, 0.15) is 0 Å². The number of benzene rings is 1. The number of hydrogen-bond donors (Lipinski definition) is 1. The van der Waals surface area contributed by atoms with Gasteiger partial charge in [-0.15, -0.1) is 0 Å². The fourth-order valence-electron chi connectivity index (χ4n) is 1.33. The van der Waals surface area contributed by atoms with Gasteiger partial charge >= 0.3 is 0 Å². The zero-order valence-electron chi connectivity index (χ0n) is 9.35. The van der Waals surface area contributed by atoms with E-state index in [0.29, 0.717) is 10.9 Å². The van der Waals surface area contributed by atoms with Crippen molar-refractivity contribution in [3.05, 3.63) is 28.7 Å². The maximum Gasteiger partial charge on any atom is 0.241 e. The van der Waals surface area contributed by atoms with Crippen LogP contribution in [-0.4, -0.2) is 14.5 Å². The Kier molecular flexibility index (Phi) is 5.12. The monoisotopic (exact) mass is 316 g/mol. The van der Waals surface area contributed by atoms with Crippen LogP contribution in [0.5, 0.6) is 0 Å². The number of nitrogens with zero attached hydrogens (tertiary/aromatic N) is 1. The largest absolute Gasteiger partial charge is 0.241 e. The number of sulfonamides is 1. The highest BCUT2D eigenvalue weighted by molar-refractivity contribution is 9.10. The van der Waals surface area contributed by atoms with E-state index >= 15 is 0 Å². The second-order valence-corrected chi connectivity index (χ2v) is 6.06. The standard InChI is InChI=1S/C11H13BrN2O2S/c1-2-9(7-8-13)14-17(15,16)11-6-4-3-5-10(11)12/h3-6,9,14H,2,7H2,1H3. The maximum absolute atomic E-state index is 12.0. The molecule has 1 unspecified atom stereocenters. The van der Waals surface area contributed by atoms with Crippen LogP contribution >= 0.6 is 15.9 Å². The highest BCUT2D eigenvalue weighted by Gasteiger charge is 2.20. The molecule has 0 bridgehead atoms. The van der Waals surface area contributed by atoms with Crippen molar-refractivity contribution in [3.63, 3.8) is 0 Å². The summed E-state index contributed by atoms with van der Waals surface area (Å²) in [7, 11) is -3.57. The lowest BCUT2D eigenvalue weighted by Crippen LogP contribution is -2.34. The molecule has 6 heteroatoms. The quantitative estimate of drug-likeness (QED) is 0.906. The van der Waals surface area contributed by atoms with Gasteiger partial charge in [0.25, 0.3) is 0 Å². The van der Waals surface area contributed by atoms with Gasteiger partial charge in [0.2, 0.25) is 10.0 Å². The Morgan fingerprint density at radius 2 is 2.12 bits per heavy atom. The first-order chi connectivity index (χ1) is 8.01. The molecule has 0 aliphatic rings. The molecule has 0 aliphatic heterocycles. The van der Waals surface area contributed by atoms with E-state index < -0.39 is 10.0 Å². The summed E-state index contributed by atoms with van der Waals surface area (Å²) in [4.78, 5) is 0.191. The van der Waals surface area contributed by atoms with Crippen molar-refractivity contribution >= 4 is 26.0 Å². The maximum atomic E-state index is 12.0. The summed E-state index contributed by atoms with van der Waals surface area (Å²) in [5.74, 6) is 0. The van der Waals surface area contributed by atoms with Crippen LogP contribution in [0, 0.1) is 11.3 Å². The van der Waals surface area contributed by atoms with Crippen LogP contribution in [0.3, 0.4) is 0 Å². The summed E-state index contributed by atoms with van der Waals surface area (Å²) < 4.78 is 27.1. The number of halogens is 1. The van der Waals surface area contributed by atoms with Gasteiger partial charge in [0, 0.05) is 10.5 Å². The SMILES string of the molecule is CCC(CC#N)NS(=O)(=O)c1ccccc1Br. The minimum absolute atomic E-state index is 0.167. The van der Waals surface area contributed by atoms with E-state index in [-0.39, 0.29) is 17.4 Å². The zero-order valence-corrected chi connectivity index (χ0v) is 11.8. The lowest BCUT2D eigenvalue weighted by Gasteiger charge is -2.14. The Bertz CT molecular complexity index is 523. The molecule has 0 heterocycles. The molecule has 0 amide bonds. The Labute approximate surface area is 110 Å². The normalized spacial score (nSPS) is 13.0. The first-order valence-electron chi connectivity index (χ1n) is 5.15. The summed E-state index contributed by atoms with van der Waals surface area (Å²) in [5, 5.41) is 8.60. The topological polar surface area (TPSA) is 70.0 Å². The molecule has 0 saturated heterocycles. The van der Waals surface area contributed by atoms with Crippen LogP contribution < -0.4 is 4.72 Å². The van der Waals surface area contributed by atoms with Crippen molar-refractivity contribution in [2.45, 2.75) is 30.7 Å². The predicted molar refractivity (Wildman–Crippen MR) is 68.8 cm³/mol. The van der Waals surface area contributed by atoms with E-state index in [1.165, 1.54) is 6.07 Å². The molecular formula is C11H13BrN2O2S. The first kappa shape index (κ1) is 14.2. The zero-order chi connectivity index (χ0) is 12.9. The lowest BCUT2D eigenvalue weighted by atomic mass is 10.2. The van der Waals surface area contributed by atoms with Gasteiger partial charge in [-0.05, 0) is 34.5 Å².